The highest BCUT2D eigenvalue weighted by Crippen LogP contribution is 2.39. The number of nitrogens with one attached hydrogen (secondary N) is 1. The minimum Gasteiger partial charge on any atom is -0.465 e. The number of urea groups is 1. The lowest BCUT2D eigenvalue weighted by Crippen LogP contribution is -3.07. The van der Waals surface area contributed by atoms with Crippen LogP contribution in [-0.4, -0.2) is 48.1 Å². The summed E-state index contributed by atoms with van der Waals surface area (Å²) < 4.78 is 46.6. The molecule has 2 aromatic rings. The largest absolute Gasteiger partial charge is 0.465 e. The molecule has 0 aromatic heterocycles. The molecule has 0 saturated carbocycles. The second-order valence-corrected chi connectivity index (χ2v) is 8.86. The van der Waals surface area contributed by atoms with Gasteiger partial charge in [0.15, 0.2) is 0 Å². The molecule has 1 aliphatic rings. The van der Waals surface area contributed by atoms with Crippen LogP contribution in [0.4, 0.5) is 23.7 Å². The van der Waals surface area contributed by atoms with Crippen molar-refractivity contribution in [2.75, 3.05) is 20.7 Å². The van der Waals surface area contributed by atoms with Gasteiger partial charge in [-0.05, 0) is 44.2 Å². The van der Waals surface area contributed by atoms with Gasteiger partial charge in [0, 0.05) is 11.1 Å². The van der Waals surface area contributed by atoms with E-state index in [-0.39, 0.29) is 22.9 Å². The number of halogens is 3. The normalized spacial score (nSPS) is 16.8. The van der Waals surface area contributed by atoms with E-state index in [2.05, 4.69) is 6.07 Å². The summed E-state index contributed by atoms with van der Waals surface area (Å²) in [5.74, 6) is -1.12. The number of carbonyl (C=O) groups excluding carboxylic acids is 2. The fourth-order valence-corrected chi connectivity index (χ4v) is 4.46. The summed E-state index contributed by atoms with van der Waals surface area (Å²) in [6.45, 7) is 4.66. The lowest BCUT2D eigenvalue weighted by molar-refractivity contribution is -0.891. The average molecular weight is 531 g/mol. The van der Waals surface area contributed by atoms with Crippen molar-refractivity contribution in [1.82, 2.24) is 4.90 Å². The van der Waals surface area contributed by atoms with Crippen molar-refractivity contribution in [3.8, 4) is 6.07 Å². The van der Waals surface area contributed by atoms with Gasteiger partial charge in [-0.1, -0.05) is 12.1 Å². The number of nitriles is 1. The van der Waals surface area contributed by atoms with E-state index in [4.69, 9.17) is 16.2 Å². The molecule has 200 valence electrons. The molecule has 0 fully saturated rings. The topological polar surface area (TPSA) is 130 Å². The molecule has 2 amide bonds. The molecule has 0 radical (unpaired) electrons. The summed E-state index contributed by atoms with van der Waals surface area (Å²) >= 11 is 0. The summed E-state index contributed by atoms with van der Waals surface area (Å²) in [6.07, 6.45) is -4.64. The van der Waals surface area contributed by atoms with E-state index < -0.39 is 29.8 Å². The zero-order valence-corrected chi connectivity index (χ0v) is 21.4. The zero-order chi connectivity index (χ0) is 28.4. The van der Waals surface area contributed by atoms with Crippen LogP contribution < -0.4 is 16.4 Å². The number of hydrogen-bond donors (Lipinski definition) is 3. The third kappa shape index (κ3) is 5.33. The molecule has 2 aromatic carbocycles. The van der Waals surface area contributed by atoms with Crippen molar-refractivity contribution >= 4 is 23.6 Å². The smallest absolute Gasteiger partial charge is 0.416 e. The lowest BCUT2D eigenvalue weighted by atomic mass is 9.89. The molecule has 1 unspecified atom stereocenters. The standard InChI is InChI=1S/C26H27F3N6O3/c1-5-33(3)14-17-11-16(13-30)9-10-20(17)22-21(23(36)38-4)15(2)34(24(31)35(22)25(32)37)19-8-6-7-18(12-19)26(27,28)29/h6-12,22,31H,5,14H2,1-4H3,(H2,32,37)/p+2/t22-/m1/s1. The van der Waals surface area contributed by atoms with Crippen LogP contribution in [0.25, 0.3) is 0 Å². The van der Waals surface area contributed by atoms with Gasteiger partial charge in [-0.25, -0.2) is 14.2 Å². The number of ether oxygens (including phenoxy) is 1. The number of alkyl halides is 3. The molecule has 38 heavy (non-hydrogen) atoms. The molecule has 9 nitrogen and oxygen atoms in total. The zero-order valence-electron chi connectivity index (χ0n) is 21.4. The van der Waals surface area contributed by atoms with Crippen LogP contribution in [0, 0.1) is 11.3 Å². The minimum absolute atomic E-state index is 0.0314. The molecule has 1 aliphatic heterocycles. The van der Waals surface area contributed by atoms with E-state index in [1.54, 1.807) is 18.2 Å². The third-order valence-electron chi connectivity index (χ3n) is 6.47. The van der Waals surface area contributed by atoms with Gasteiger partial charge >= 0.3 is 24.1 Å². The number of carbonyl (C=O) groups is 2. The predicted octanol–water partition coefficient (Wildman–Crippen LogP) is 2.15. The number of guanidine groups is 1. The number of primary amides is 1. The Morgan fingerprint density at radius 3 is 2.47 bits per heavy atom. The number of nitrogens with two attached hydrogens (primary N) is 2. The van der Waals surface area contributed by atoms with E-state index in [1.165, 1.54) is 19.1 Å². The van der Waals surface area contributed by atoms with Gasteiger partial charge in [0.05, 0.1) is 43.6 Å². The summed E-state index contributed by atoms with van der Waals surface area (Å²) in [5, 5.41) is 9.46. The molecule has 1 heterocycles. The van der Waals surface area contributed by atoms with Crippen molar-refractivity contribution in [3.05, 3.63) is 76.0 Å². The Bertz CT molecular complexity index is 1380. The summed E-state index contributed by atoms with van der Waals surface area (Å²) in [7, 11) is 3.09. The lowest BCUT2D eigenvalue weighted by Gasteiger charge is -2.33. The molecule has 5 N–H and O–H groups in total. The first-order chi connectivity index (χ1) is 17.8. The van der Waals surface area contributed by atoms with E-state index >= 15 is 0 Å². The van der Waals surface area contributed by atoms with Crippen molar-refractivity contribution in [2.45, 2.75) is 32.6 Å². The van der Waals surface area contributed by atoms with Crippen LogP contribution in [0.15, 0.2) is 53.7 Å². The van der Waals surface area contributed by atoms with Crippen molar-refractivity contribution < 1.29 is 37.0 Å². The van der Waals surface area contributed by atoms with Crippen molar-refractivity contribution in [3.63, 3.8) is 0 Å². The van der Waals surface area contributed by atoms with E-state index in [1.807, 2.05) is 14.0 Å². The highest BCUT2D eigenvalue weighted by Gasteiger charge is 2.47. The Hall–Kier alpha value is -4.37. The van der Waals surface area contributed by atoms with Gasteiger partial charge in [-0.2, -0.15) is 23.3 Å². The Balaban J connectivity index is 2.37. The molecule has 0 saturated heterocycles. The molecule has 0 spiro atoms. The second kappa shape index (κ2) is 10.9. The first-order valence-electron chi connectivity index (χ1n) is 11.7. The Morgan fingerprint density at radius 1 is 1.24 bits per heavy atom. The number of quaternary nitrogens is 1. The third-order valence-corrected chi connectivity index (χ3v) is 6.47. The van der Waals surface area contributed by atoms with Crippen molar-refractivity contribution in [2.24, 2.45) is 11.5 Å². The Labute approximate surface area is 218 Å². The Kier molecular flexibility index (Phi) is 8.12. The summed E-state index contributed by atoms with van der Waals surface area (Å²) in [6, 6.07) is 9.02. The molecular formula is C26H29F3N6O3+2. The number of methoxy groups -OCH3 is 1. The van der Waals surface area contributed by atoms with Crippen LogP contribution in [0.5, 0.6) is 0 Å². The highest BCUT2D eigenvalue weighted by atomic mass is 19.4. The fourth-order valence-electron chi connectivity index (χ4n) is 4.46. The summed E-state index contributed by atoms with van der Waals surface area (Å²) in [4.78, 5) is 28.0. The van der Waals surface area contributed by atoms with Gasteiger partial charge in [0.25, 0.3) is 0 Å². The fraction of sp³-hybridized carbons (Fsp3) is 0.308. The van der Waals surface area contributed by atoms with Crippen LogP contribution in [-0.2, 0) is 22.3 Å². The first kappa shape index (κ1) is 28.2. The minimum atomic E-state index is -4.64. The maximum atomic E-state index is 13.5. The van der Waals surface area contributed by atoms with E-state index in [0.717, 1.165) is 40.2 Å². The molecule has 12 heteroatoms. The quantitative estimate of drug-likeness (QED) is 0.389. The number of amides is 2. The van der Waals surface area contributed by atoms with Gasteiger partial charge in [-0.15, -0.1) is 0 Å². The Morgan fingerprint density at radius 2 is 1.92 bits per heavy atom. The number of nitrogens with zero attached hydrogens (tertiary/aromatic N) is 3. The SMILES string of the molecule is CC[NH+](C)Cc1cc(C#N)ccc1[C@@H]1C(C(=O)OC)=C(C)[N+](c2cccc(C(F)(F)F)c2)=C(N)N1C(N)=O. The number of hydrogen-bond acceptors (Lipinski definition) is 5. The summed E-state index contributed by atoms with van der Waals surface area (Å²) in [5.41, 5.74) is 12.8. The number of esters is 1. The van der Waals surface area contributed by atoms with Gasteiger partial charge < -0.3 is 15.4 Å². The van der Waals surface area contributed by atoms with Gasteiger partial charge in [0.1, 0.15) is 23.8 Å². The van der Waals surface area contributed by atoms with Crippen LogP contribution in [0.3, 0.4) is 0 Å². The highest BCUT2D eigenvalue weighted by molar-refractivity contribution is 5.99. The molecule has 3 rings (SSSR count). The van der Waals surface area contributed by atoms with Crippen molar-refractivity contribution in [1.29, 1.82) is 5.26 Å². The predicted molar refractivity (Wildman–Crippen MR) is 132 cm³/mol. The number of benzene rings is 2. The monoisotopic (exact) mass is 530 g/mol. The maximum Gasteiger partial charge on any atom is 0.416 e. The van der Waals surface area contributed by atoms with Crippen LogP contribution >= 0.6 is 0 Å². The van der Waals surface area contributed by atoms with Crippen LogP contribution in [0.2, 0.25) is 0 Å². The molecular weight excluding hydrogens is 501 g/mol. The second-order valence-electron chi connectivity index (χ2n) is 8.86. The maximum absolute atomic E-state index is 13.5. The van der Waals surface area contributed by atoms with Crippen LogP contribution in [0.1, 0.15) is 42.1 Å². The average Bonchev–Trinajstić information content (AvgIpc) is 2.87. The molecule has 2 atom stereocenters. The van der Waals surface area contributed by atoms with Gasteiger partial charge in [0.2, 0.25) is 0 Å². The molecule has 0 bridgehead atoms. The van der Waals surface area contributed by atoms with E-state index in [9.17, 15) is 28.0 Å². The molecule has 0 aliphatic carbocycles. The van der Waals surface area contributed by atoms with Gasteiger partial charge in [-0.3, -0.25) is 5.73 Å². The number of rotatable bonds is 6. The first-order valence-corrected chi connectivity index (χ1v) is 11.7. The number of allylic oxidation sites excluding steroid dienone is 1. The van der Waals surface area contributed by atoms with E-state index in [0.29, 0.717) is 23.2 Å².